The van der Waals surface area contributed by atoms with Crippen LogP contribution in [-0.2, 0) is 11.8 Å². The number of aromatic nitrogens is 2. The summed E-state index contributed by atoms with van der Waals surface area (Å²) in [4.78, 5) is 10.6. The van der Waals surface area contributed by atoms with Gasteiger partial charge in [0.05, 0.1) is 5.69 Å². The molecule has 5 nitrogen and oxygen atoms in total. The van der Waals surface area contributed by atoms with Crippen molar-refractivity contribution in [1.29, 1.82) is 0 Å². The third kappa shape index (κ3) is 2.71. The number of aliphatic carboxylic acids is 1. The maximum Gasteiger partial charge on any atom is 0.327 e. The van der Waals surface area contributed by atoms with Crippen LogP contribution in [0.1, 0.15) is 11.7 Å². The SMILES string of the molecule is CNC(C(=O)O)c1ccn(C)n1.Cl. The van der Waals surface area contributed by atoms with E-state index in [4.69, 9.17) is 5.11 Å². The standard InChI is InChI=1S/C7H11N3O2.ClH/c1-8-6(7(11)12)5-3-4-10(2)9-5;/h3-4,6,8H,1-2H3,(H,11,12);1H. The zero-order valence-electron chi connectivity index (χ0n) is 7.39. The van der Waals surface area contributed by atoms with Gasteiger partial charge in [-0.2, -0.15) is 5.10 Å². The first kappa shape index (κ1) is 11.9. The quantitative estimate of drug-likeness (QED) is 0.739. The van der Waals surface area contributed by atoms with Gasteiger partial charge < -0.3 is 10.4 Å². The Morgan fingerprint density at radius 1 is 1.77 bits per heavy atom. The highest BCUT2D eigenvalue weighted by atomic mass is 35.5. The molecule has 0 aromatic carbocycles. The molecule has 0 fully saturated rings. The van der Waals surface area contributed by atoms with Crippen LogP contribution in [0.2, 0.25) is 0 Å². The van der Waals surface area contributed by atoms with Crippen LogP contribution in [-0.4, -0.2) is 27.9 Å². The Hall–Kier alpha value is -1.07. The van der Waals surface area contributed by atoms with Crippen molar-refractivity contribution < 1.29 is 9.90 Å². The Balaban J connectivity index is 0.00000144. The van der Waals surface area contributed by atoms with Gasteiger partial charge in [0.15, 0.2) is 0 Å². The fraction of sp³-hybridized carbons (Fsp3) is 0.429. The van der Waals surface area contributed by atoms with Gasteiger partial charge in [0.2, 0.25) is 0 Å². The minimum absolute atomic E-state index is 0. The number of carboxylic acid groups (broad SMARTS) is 1. The maximum absolute atomic E-state index is 10.6. The molecule has 0 radical (unpaired) electrons. The second kappa shape index (κ2) is 4.84. The summed E-state index contributed by atoms with van der Waals surface area (Å²) in [6.07, 6.45) is 1.71. The van der Waals surface area contributed by atoms with E-state index in [-0.39, 0.29) is 12.4 Å². The lowest BCUT2D eigenvalue weighted by Crippen LogP contribution is -2.25. The first-order valence-electron chi connectivity index (χ1n) is 3.54. The second-order valence-electron chi connectivity index (χ2n) is 2.47. The van der Waals surface area contributed by atoms with Crippen molar-refractivity contribution in [2.75, 3.05) is 7.05 Å². The molecule has 0 saturated heterocycles. The van der Waals surface area contributed by atoms with Crippen LogP contribution in [0.5, 0.6) is 0 Å². The number of nitrogens with one attached hydrogen (secondary N) is 1. The van der Waals surface area contributed by atoms with Crippen molar-refractivity contribution in [2.45, 2.75) is 6.04 Å². The van der Waals surface area contributed by atoms with Gasteiger partial charge in [-0.3, -0.25) is 9.48 Å². The molecule has 1 unspecified atom stereocenters. The predicted molar refractivity (Wildman–Crippen MR) is 49.9 cm³/mol. The van der Waals surface area contributed by atoms with E-state index in [2.05, 4.69) is 10.4 Å². The van der Waals surface area contributed by atoms with Crippen LogP contribution in [0.3, 0.4) is 0 Å². The molecule has 1 heterocycles. The number of hydrogen-bond donors (Lipinski definition) is 2. The molecule has 1 aromatic rings. The van der Waals surface area contributed by atoms with E-state index >= 15 is 0 Å². The summed E-state index contributed by atoms with van der Waals surface area (Å²) in [5.74, 6) is -0.920. The fourth-order valence-corrected chi connectivity index (χ4v) is 0.985. The van der Waals surface area contributed by atoms with Gasteiger partial charge in [-0.1, -0.05) is 0 Å². The summed E-state index contributed by atoms with van der Waals surface area (Å²) in [5.41, 5.74) is 0.521. The van der Waals surface area contributed by atoms with E-state index in [9.17, 15) is 4.79 Å². The van der Waals surface area contributed by atoms with Crippen molar-refractivity contribution in [3.05, 3.63) is 18.0 Å². The van der Waals surface area contributed by atoms with Crippen LogP contribution in [0.4, 0.5) is 0 Å². The summed E-state index contributed by atoms with van der Waals surface area (Å²) < 4.78 is 1.57. The molecule has 1 aromatic heterocycles. The van der Waals surface area contributed by atoms with Gasteiger partial charge >= 0.3 is 5.97 Å². The van der Waals surface area contributed by atoms with Crippen molar-refractivity contribution in [3.8, 4) is 0 Å². The van der Waals surface area contributed by atoms with E-state index in [1.165, 1.54) is 0 Å². The molecule has 0 aliphatic heterocycles. The summed E-state index contributed by atoms with van der Waals surface area (Å²) in [5, 5.41) is 15.4. The first-order chi connectivity index (χ1) is 5.65. The molecule has 13 heavy (non-hydrogen) atoms. The lowest BCUT2D eigenvalue weighted by Gasteiger charge is -2.06. The Bertz CT molecular complexity index is 287. The fourth-order valence-electron chi connectivity index (χ4n) is 0.985. The maximum atomic E-state index is 10.6. The molecule has 0 amide bonds. The third-order valence-corrected chi connectivity index (χ3v) is 1.57. The van der Waals surface area contributed by atoms with E-state index in [1.54, 1.807) is 31.0 Å². The van der Waals surface area contributed by atoms with E-state index in [0.29, 0.717) is 5.69 Å². The smallest absolute Gasteiger partial charge is 0.327 e. The highest BCUT2D eigenvalue weighted by molar-refractivity contribution is 5.85. The number of halogens is 1. The number of hydrogen-bond acceptors (Lipinski definition) is 3. The van der Waals surface area contributed by atoms with Gasteiger partial charge in [-0.25, -0.2) is 0 Å². The lowest BCUT2D eigenvalue weighted by atomic mass is 10.2. The lowest BCUT2D eigenvalue weighted by molar-refractivity contribution is -0.139. The average molecular weight is 206 g/mol. The molecule has 0 bridgehead atoms. The number of rotatable bonds is 3. The molecule has 1 atom stereocenters. The highest BCUT2D eigenvalue weighted by Crippen LogP contribution is 2.08. The molecular formula is C7H12ClN3O2. The molecule has 2 N–H and O–H groups in total. The van der Waals surface area contributed by atoms with Gasteiger partial charge in [0, 0.05) is 13.2 Å². The van der Waals surface area contributed by atoms with Gasteiger partial charge in [0.1, 0.15) is 6.04 Å². The number of carboxylic acids is 1. The van der Waals surface area contributed by atoms with Crippen LogP contribution in [0.25, 0.3) is 0 Å². The zero-order valence-corrected chi connectivity index (χ0v) is 8.21. The predicted octanol–water partition coefficient (Wildman–Crippen LogP) is 0.187. The number of nitrogens with zero attached hydrogens (tertiary/aromatic N) is 2. The van der Waals surface area contributed by atoms with Gasteiger partial charge in [-0.05, 0) is 13.1 Å². The molecule has 6 heteroatoms. The molecule has 74 valence electrons. The van der Waals surface area contributed by atoms with E-state index < -0.39 is 12.0 Å². The Labute approximate surface area is 82.2 Å². The van der Waals surface area contributed by atoms with Gasteiger partial charge in [-0.15, -0.1) is 12.4 Å². The number of carbonyl (C=O) groups is 1. The van der Waals surface area contributed by atoms with Crippen molar-refractivity contribution in [1.82, 2.24) is 15.1 Å². The molecule has 0 saturated carbocycles. The minimum Gasteiger partial charge on any atom is -0.480 e. The first-order valence-corrected chi connectivity index (χ1v) is 3.54. The number of aryl methyl sites for hydroxylation is 1. The van der Waals surface area contributed by atoms with Crippen molar-refractivity contribution in [3.63, 3.8) is 0 Å². The molecular weight excluding hydrogens is 194 g/mol. The van der Waals surface area contributed by atoms with Crippen molar-refractivity contribution in [2.24, 2.45) is 7.05 Å². The van der Waals surface area contributed by atoms with Crippen LogP contribution < -0.4 is 5.32 Å². The summed E-state index contributed by atoms with van der Waals surface area (Å²) in [7, 11) is 3.34. The summed E-state index contributed by atoms with van der Waals surface area (Å²) in [6, 6.07) is 0.959. The summed E-state index contributed by atoms with van der Waals surface area (Å²) in [6.45, 7) is 0. The van der Waals surface area contributed by atoms with Crippen LogP contribution in [0, 0.1) is 0 Å². The topological polar surface area (TPSA) is 67.2 Å². The highest BCUT2D eigenvalue weighted by Gasteiger charge is 2.19. The normalized spacial score (nSPS) is 11.8. The van der Waals surface area contributed by atoms with Gasteiger partial charge in [0.25, 0.3) is 0 Å². The monoisotopic (exact) mass is 205 g/mol. The third-order valence-electron chi connectivity index (χ3n) is 1.57. The minimum atomic E-state index is -0.920. The molecule has 1 rings (SSSR count). The Morgan fingerprint density at radius 2 is 2.38 bits per heavy atom. The average Bonchev–Trinajstić information content (AvgIpc) is 2.37. The van der Waals surface area contributed by atoms with E-state index in [1.807, 2.05) is 0 Å². The Kier molecular flexibility index (Phi) is 4.44. The number of likely N-dealkylation sites (N-methyl/N-ethyl adjacent to an activating group) is 1. The Morgan fingerprint density at radius 3 is 2.69 bits per heavy atom. The second-order valence-corrected chi connectivity index (χ2v) is 2.47. The van der Waals surface area contributed by atoms with Crippen molar-refractivity contribution >= 4 is 18.4 Å². The molecule has 0 aliphatic rings. The van der Waals surface area contributed by atoms with E-state index in [0.717, 1.165) is 0 Å². The van der Waals surface area contributed by atoms with Crippen LogP contribution >= 0.6 is 12.4 Å². The summed E-state index contributed by atoms with van der Waals surface area (Å²) >= 11 is 0. The zero-order chi connectivity index (χ0) is 9.14. The largest absolute Gasteiger partial charge is 0.480 e. The molecule has 0 aliphatic carbocycles. The molecule has 0 spiro atoms. The van der Waals surface area contributed by atoms with Crippen LogP contribution in [0.15, 0.2) is 12.3 Å².